The Hall–Kier alpha value is -0.980. The topological polar surface area (TPSA) is 66.4 Å². The first-order chi connectivity index (χ1) is 6.96. The summed E-state index contributed by atoms with van der Waals surface area (Å²) in [5.74, 6) is -0.389. The van der Waals surface area contributed by atoms with Gasteiger partial charge in [-0.3, -0.25) is 4.79 Å². The lowest BCUT2D eigenvalue weighted by Gasteiger charge is -2.07. The molecule has 0 saturated heterocycles. The van der Waals surface area contributed by atoms with Gasteiger partial charge in [0.2, 0.25) is 0 Å². The largest absolute Gasteiger partial charge is 0.352 e. The number of benzene rings is 1. The second kappa shape index (κ2) is 4.69. The molecule has 1 unspecified atom stereocenters. The van der Waals surface area contributed by atoms with Crippen LogP contribution < -0.4 is 5.32 Å². The summed E-state index contributed by atoms with van der Waals surface area (Å²) in [4.78, 5) is 11.5. The summed E-state index contributed by atoms with van der Waals surface area (Å²) in [5, 5.41) is 2.55. The lowest BCUT2D eigenvalue weighted by Crippen LogP contribution is -2.24. The highest BCUT2D eigenvalue weighted by Gasteiger charge is 2.16. The molecule has 0 heterocycles. The standard InChI is InChI=1S/C9H11NO3S2/c1-2-10-9(11)7-5-3-4-6-8(7)15(12,13)14/h3-6H,2H2,1H3,(H,10,11)(H,12,13,14). The van der Waals surface area contributed by atoms with Crippen LogP contribution in [0.5, 0.6) is 0 Å². The molecule has 1 rings (SSSR count). The monoisotopic (exact) mass is 245 g/mol. The molecule has 6 heteroatoms. The quantitative estimate of drug-likeness (QED) is 0.834. The van der Waals surface area contributed by atoms with E-state index >= 15 is 0 Å². The van der Waals surface area contributed by atoms with Gasteiger partial charge >= 0.3 is 0 Å². The molecule has 15 heavy (non-hydrogen) atoms. The molecular formula is C9H11NO3S2. The van der Waals surface area contributed by atoms with Crippen LogP contribution in [0.2, 0.25) is 0 Å². The SMILES string of the molecule is CCNC(=O)c1ccccc1S(=O)(O)=S. The molecule has 1 atom stereocenters. The summed E-state index contributed by atoms with van der Waals surface area (Å²) in [6, 6.07) is 6.05. The third-order valence-corrected chi connectivity index (χ3v) is 3.20. The minimum atomic E-state index is -3.52. The summed E-state index contributed by atoms with van der Waals surface area (Å²) < 4.78 is 20.6. The van der Waals surface area contributed by atoms with Crippen molar-refractivity contribution in [2.75, 3.05) is 6.54 Å². The van der Waals surface area contributed by atoms with Crippen LogP contribution in [0.25, 0.3) is 0 Å². The Bertz CT molecular complexity index is 468. The van der Waals surface area contributed by atoms with Gasteiger partial charge in [-0.05, 0) is 19.1 Å². The Morgan fingerprint density at radius 3 is 2.67 bits per heavy atom. The van der Waals surface area contributed by atoms with Gasteiger partial charge < -0.3 is 9.87 Å². The number of amides is 1. The maximum absolute atomic E-state index is 11.5. The molecule has 0 fully saturated rings. The minimum Gasteiger partial charge on any atom is -0.352 e. The van der Waals surface area contributed by atoms with E-state index < -0.39 is 8.77 Å². The summed E-state index contributed by atoms with van der Waals surface area (Å²) >= 11 is 4.45. The molecular weight excluding hydrogens is 234 g/mol. The number of hydrogen-bond donors (Lipinski definition) is 2. The maximum atomic E-state index is 11.5. The minimum absolute atomic E-state index is 0.00838. The van der Waals surface area contributed by atoms with Crippen molar-refractivity contribution in [2.45, 2.75) is 11.8 Å². The van der Waals surface area contributed by atoms with Crippen LogP contribution in [0.4, 0.5) is 0 Å². The Kier molecular flexibility index (Phi) is 3.78. The molecule has 0 bridgehead atoms. The van der Waals surface area contributed by atoms with Crippen molar-refractivity contribution < 1.29 is 13.6 Å². The average molecular weight is 245 g/mol. The van der Waals surface area contributed by atoms with Gasteiger partial charge in [0.05, 0.1) is 10.5 Å². The maximum Gasteiger partial charge on any atom is 0.252 e. The van der Waals surface area contributed by atoms with Gasteiger partial charge in [-0.25, -0.2) is 4.21 Å². The molecule has 0 aliphatic heterocycles. The third-order valence-electron chi connectivity index (χ3n) is 1.75. The van der Waals surface area contributed by atoms with E-state index in [1.807, 2.05) is 0 Å². The highest BCUT2D eigenvalue weighted by atomic mass is 32.8. The van der Waals surface area contributed by atoms with Crippen LogP contribution in [-0.4, -0.2) is 21.2 Å². The van der Waals surface area contributed by atoms with E-state index in [9.17, 15) is 13.6 Å². The van der Waals surface area contributed by atoms with Gasteiger partial charge in [0.15, 0.2) is 8.77 Å². The van der Waals surface area contributed by atoms with Crippen LogP contribution in [0.3, 0.4) is 0 Å². The fourth-order valence-corrected chi connectivity index (χ4v) is 2.26. The molecule has 0 aliphatic carbocycles. The predicted octanol–water partition coefficient (Wildman–Crippen LogP) is 1.01. The molecule has 2 N–H and O–H groups in total. The summed E-state index contributed by atoms with van der Waals surface area (Å²) in [6.45, 7) is 2.22. The zero-order chi connectivity index (χ0) is 11.5. The predicted molar refractivity (Wildman–Crippen MR) is 60.9 cm³/mol. The first-order valence-electron chi connectivity index (χ1n) is 4.31. The highest BCUT2D eigenvalue weighted by molar-refractivity contribution is 8.29. The van der Waals surface area contributed by atoms with Gasteiger partial charge in [0.25, 0.3) is 5.91 Å². The van der Waals surface area contributed by atoms with Gasteiger partial charge in [-0.2, -0.15) is 0 Å². The fourth-order valence-electron chi connectivity index (χ4n) is 1.13. The van der Waals surface area contributed by atoms with Crippen LogP contribution in [0, 0.1) is 0 Å². The Labute approximate surface area is 93.2 Å². The van der Waals surface area contributed by atoms with E-state index in [2.05, 4.69) is 16.5 Å². The number of carbonyl (C=O) groups excluding carboxylic acids is 1. The van der Waals surface area contributed by atoms with Crippen molar-refractivity contribution in [1.29, 1.82) is 0 Å². The first-order valence-corrected chi connectivity index (χ1v) is 6.75. The van der Waals surface area contributed by atoms with Crippen LogP contribution in [0.15, 0.2) is 29.2 Å². The smallest absolute Gasteiger partial charge is 0.252 e. The van der Waals surface area contributed by atoms with Crippen molar-refractivity contribution in [3.05, 3.63) is 29.8 Å². The molecule has 0 radical (unpaired) electrons. The molecule has 1 amide bonds. The Morgan fingerprint density at radius 1 is 1.53 bits per heavy atom. The van der Waals surface area contributed by atoms with E-state index in [1.54, 1.807) is 19.1 Å². The van der Waals surface area contributed by atoms with Gasteiger partial charge in [0, 0.05) is 17.7 Å². The summed E-state index contributed by atoms with van der Waals surface area (Å²) in [7, 11) is -3.52. The van der Waals surface area contributed by atoms with Crippen molar-refractivity contribution in [3.63, 3.8) is 0 Å². The van der Waals surface area contributed by atoms with Crippen molar-refractivity contribution in [3.8, 4) is 0 Å². The lowest BCUT2D eigenvalue weighted by molar-refractivity contribution is 0.0952. The van der Waals surface area contributed by atoms with Gasteiger partial charge in [-0.1, -0.05) is 12.1 Å². The second-order valence-corrected chi connectivity index (χ2v) is 5.58. The van der Waals surface area contributed by atoms with Gasteiger partial charge in [0.1, 0.15) is 0 Å². The molecule has 4 nitrogen and oxygen atoms in total. The summed E-state index contributed by atoms with van der Waals surface area (Å²) in [6.07, 6.45) is 0. The number of carbonyl (C=O) groups is 1. The molecule has 1 aromatic carbocycles. The summed E-state index contributed by atoms with van der Waals surface area (Å²) in [5.41, 5.74) is 0.154. The zero-order valence-corrected chi connectivity index (χ0v) is 9.73. The van der Waals surface area contributed by atoms with Crippen LogP contribution >= 0.6 is 0 Å². The van der Waals surface area contributed by atoms with E-state index in [0.717, 1.165) is 0 Å². The molecule has 82 valence electrons. The molecule has 0 aromatic heterocycles. The average Bonchev–Trinajstić information content (AvgIpc) is 2.17. The van der Waals surface area contributed by atoms with Crippen molar-refractivity contribution in [1.82, 2.24) is 5.32 Å². The molecule has 1 aromatic rings. The number of nitrogens with one attached hydrogen (secondary N) is 1. The van der Waals surface area contributed by atoms with E-state index in [4.69, 9.17) is 0 Å². The first kappa shape index (κ1) is 12.1. The highest BCUT2D eigenvalue weighted by Crippen LogP contribution is 2.14. The van der Waals surface area contributed by atoms with Gasteiger partial charge in [-0.15, -0.1) is 0 Å². The number of rotatable bonds is 3. The van der Waals surface area contributed by atoms with Crippen LogP contribution in [-0.2, 0) is 20.0 Å². The zero-order valence-electron chi connectivity index (χ0n) is 8.10. The number of hydrogen-bond acceptors (Lipinski definition) is 3. The Balaban J connectivity index is 3.25. The van der Waals surface area contributed by atoms with Crippen LogP contribution in [0.1, 0.15) is 17.3 Å². The second-order valence-electron chi connectivity index (χ2n) is 2.83. The molecule has 0 aliphatic rings. The van der Waals surface area contributed by atoms with E-state index in [0.29, 0.717) is 6.54 Å². The fraction of sp³-hybridized carbons (Fsp3) is 0.222. The van der Waals surface area contributed by atoms with Crippen molar-refractivity contribution >= 4 is 25.9 Å². The van der Waals surface area contributed by atoms with E-state index in [-0.39, 0.29) is 16.4 Å². The molecule has 0 saturated carbocycles. The Morgan fingerprint density at radius 2 is 2.13 bits per heavy atom. The van der Waals surface area contributed by atoms with Crippen molar-refractivity contribution in [2.24, 2.45) is 0 Å². The normalized spacial score (nSPS) is 14.3. The lowest BCUT2D eigenvalue weighted by atomic mass is 10.2. The van der Waals surface area contributed by atoms with E-state index in [1.165, 1.54) is 12.1 Å². The third kappa shape index (κ3) is 2.98. The molecule has 0 spiro atoms.